The number of anilines is 1. The van der Waals surface area contributed by atoms with E-state index in [0.717, 1.165) is 16.4 Å². The smallest absolute Gasteiger partial charge is 0.226 e. The molecule has 0 saturated heterocycles. The number of ether oxygens (including phenoxy) is 2. The van der Waals surface area contributed by atoms with E-state index in [0.29, 0.717) is 30.0 Å². The molecule has 1 N–H and O–H groups in total. The minimum atomic E-state index is -0.121. The minimum Gasteiger partial charge on any atom is -0.495 e. The van der Waals surface area contributed by atoms with Gasteiger partial charge >= 0.3 is 0 Å². The maximum absolute atomic E-state index is 12.1. The van der Waals surface area contributed by atoms with Crippen LogP contribution in [0.5, 0.6) is 5.75 Å². The van der Waals surface area contributed by atoms with Gasteiger partial charge in [0.1, 0.15) is 16.9 Å². The first kappa shape index (κ1) is 16.3. The van der Waals surface area contributed by atoms with Gasteiger partial charge in [-0.15, -0.1) is 0 Å². The van der Waals surface area contributed by atoms with E-state index in [9.17, 15) is 4.79 Å². The highest BCUT2D eigenvalue weighted by Gasteiger charge is 2.14. The van der Waals surface area contributed by atoms with Crippen molar-refractivity contribution in [3.05, 3.63) is 36.4 Å². The third-order valence-electron chi connectivity index (χ3n) is 3.75. The van der Waals surface area contributed by atoms with Crippen LogP contribution in [-0.2, 0) is 9.53 Å². The lowest BCUT2D eigenvalue weighted by atomic mass is 10.1. The molecule has 0 aliphatic rings. The molecule has 3 rings (SSSR count). The normalized spacial score (nSPS) is 11.3. The molecule has 24 heavy (non-hydrogen) atoms. The Bertz CT molecular complexity index is 866. The molecule has 0 bridgehead atoms. The molecule has 0 aliphatic heterocycles. The molecule has 5 nitrogen and oxygen atoms in total. The molecule has 2 aromatic carbocycles. The van der Waals surface area contributed by atoms with Crippen molar-refractivity contribution in [2.45, 2.75) is 26.4 Å². The van der Waals surface area contributed by atoms with E-state index in [4.69, 9.17) is 13.9 Å². The fourth-order valence-corrected chi connectivity index (χ4v) is 2.62. The van der Waals surface area contributed by atoms with Gasteiger partial charge in [0, 0.05) is 16.8 Å². The molecule has 0 unspecified atom stereocenters. The summed E-state index contributed by atoms with van der Waals surface area (Å²) < 4.78 is 16.7. The van der Waals surface area contributed by atoms with Crippen molar-refractivity contribution in [3.63, 3.8) is 0 Å². The molecule has 0 atom stereocenters. The molecular weight excluding hydrogens is 306 g/mol. The van der Waals surface area contributed by atoms with Gasteiger partial charge in [-0.1, -0.05) is 18.2 Å². The van der Waals surface area contributed by atoms with Gasteiger partial charge < -0.3 is 19.2 Å². The molecule has 0 radical (unpaired) electrons. The average molecular weight is 327 g/mol. The maximum Gasteiger partial charge on any atom is 0.226 e. The van der Waals surface area contributed by atoms with E-state index >= 15 is 0 Å². The van der Waals surface area contributed by atoms with Crippen LogP contribution in [0.3, 0.4) is 0 Å². The Hall–Kier alpha value is -2.53. The first-order valence-electron chi connectivity index (χ1n) is 7.99. The van der Waals surface area contributed by atoms with Crippen LogP contribution < -0.4 is 10.1 Å². The number of amides is 1. The summed E-state index contributed by atoms with van der Waals surface area (Å²) in [6, 6.07) is 11.5. The highest BCUT2D eigenvalue weighted by Crippen LogP contribution is 2.36. The number of nitrogens with one attached hydrogen (secondary N) is 1. The second-order valence-electron chi connectivity index (χ2n) is 5.86. The fourth-order valence-electron chi connectivity index (χ4n) is 2.62. The van der Waals surface area contributed by atoms with Crippen molar-refractivity contribution in [3.8, 4) is 5.75 Å². The molecule has 1 amide bonds. The number of benzene rings is 2. The van der Waals surface area contributed by atoms with Crippen LogP contribution >= 0.6 is 0 Å². The molecule has 0 aliphatic carbocycles. The predicted molar refractivity (Wildman–Crippen MR) is 94.6 cm³/mol. The third-order valence-corrected chi connectivity index (χ3v) is 3.75. The summed E-state index contributed by atoms with van der Waals surface area (Å²) in [6.45, 7) is 4.27. The summed E-state index contributed by atoms with van der Waals surface area (Å²) in [7, 11) is 1.58. The highest BCUT2D eigenvalue weighted by molar-refractivity contribution is 6.07. The average Bonchev–Trinajstić information content (AvgIpc) is 2.91. The molecule has 0 fully saturated rings. The largest absolute Gasteiger partial charge is 0.495 e. The first-order chi connectivity index (χ1) is 11.6. The minimum absolute atomic E-state index is 0.110. The van der Waals surface area contributed by atoms with Crippen LogP contribution in [0.15, 0.2) is 40.8 Å². The lowest BCUT2D eigenvalue weighted by Gasteiger charge is -2.11. The number of rotatable bonds is 6. The van der Waals surface area contributed by atoms with Gasteiger partial charge in [0.05, 0.1) is 31.9 Å². The van der Waals surface area contributed by atoms with Gasteiger partial charge in [-0.3, -0.25) is 4.79 Å². The van der Waals surface area contributed by atoms with Crippen molar-refractivity contribution < 1.29 is 18.7 Å². The van der Waals surface area contributed by atoms with Crippen molar-refractivity contribution in [2.75, 3.05) is 19.0 Å². The number of hydrogen-bond acceptors (Lipinski definition) is 4. The Labute approximate surface area is 140 Å². The summed E-state index contributed by atoms with van der Waals surface area (Å²) in [5, 5.41) is 4.85. The van der Waals surface area contributed by atoms with Crippen molar-refractivity contribution in [1.82, 2.24) is 0 Å². The molecule has 3 aromatic rings. The monoisotopic (exact) mass is 327 g/mol. The summed E-state index contributed by atoms with van der Waals surface area (Å²) >= 11 is 0. The maximum atomic E-state index is 12.1. The van der Waals surface area contributed by atoms with E-state index in [1.165, 1.54) is 0 Å². The fraction of sp³-hybridized carbons (Fsp3) is 0.316. The lowest BCUT2D eigenvalue weighted by molar-refractivity contribution is -0.117. The highest BCUT2D eigenvalue weighted by atomic mass is 16.5. The number of carbonyl (C=O) groups excluding carboxylic acids is 1. The summed E-state index contributed by atoms with van der Waals surface area (Å²) in [4.78, 5) is 12.1. The van der Waals surface area contributed by atoms with Crippen molar-refractivity contribution >= 4 is 33.5 Å². The zero-order valence-electron chi connectivity index (χ0n) is 14.1. The Balaban J connectivity index is 1.87. The van der Waals surface area contributed by atoms with Gasteiger partial charge in [0.15, 0.2) is 0 Å². The van der Waals surface area contributed by atoms with Crippen LogP contribution in [0.2, 0.25) is 0 Å². The second-order valence-corrected chi connectivity index (χ2v) is 5.86. The number of fused-ring (bicyclic) bond motifs is 3. The van der Waals surface area contributed by atoms with E-state index < -0.39 is 0 Å². The topological polar surface area (TPSA) is 60.7 Å². The number of furan rings is 1. The van der Waals surface area contributed by atoms with Gasteiger partial charge in [-0.2, -0.15) is 0 Å². The summed E-state index contributed by atoms with van der Waals surface area (Å²) in [5.41, 5.74) is 2.12. The SMILES string of the molecule is COc1cc2c(cc1NC(=O)CCOC(C)C)oc1ccccc12. The molecule has 5 heteroatoms. The first-order valence-corrected chi connectivity index (χ1v) is 7.99. The number of para-hydroxylation sites is 1. The molecule has 0 saturated carbocycles. The Kier molecular flexibility index (Phi) is 4.71. The van der Waals surface area contributed by atoms with E-state index in [-0.39, 0.29) is 12.0 Å². The van der Waals surface area contributed by atoms with Gasteiger partial charge in [-0.05, 0) is 26.0 Å². The zero-order chi connectivity index (χ0) is 17.1. The van der Waals surface area contributed by atoms with Crippen LogP contribution in [0.25, 0.3) is 21.9 Å². The molecule has 1 heterocycles. The van der Waals surface area contributed by atoms with Crippen LogP contribution in [0.1, 0.15) is 20.3 Å². The summed E-state index contributed by atoms with van der Waals surface area (Å²) in [6.07, 6.45) is 0.402. The van der Waals surface area contributed by atoms with E-state index in [1.807, 2.05) is 44.2 Å². The van der Waals surface area contributed by atoms with Crippen molar-refractivity contribution in [1.29, 1.82) is 0 Å². The van der Waals surface area contributed by atoms with Crippen LogP contribution in [0.4, 0.5) is 5.69 Å². The van der Waals surface area contributed by atoms with Crippen LogP contribution in [0, 0.1) is 0 Å². The van der Waals surface area contributed by atoms with E-state index in [2.05, 4.69) is 5.32 Å². The number of methoxy groups -OCH3 is 1. The Morgan fingerprint density at radius 2 is 1.96 bits per heavy atom. The Morgan fingerprint density at radius 1 is 1.17 bits per heavy atom. The predicted octanol–water partition coefficient (Wildman–Crippen LogP) is 4.35. The second kappa shape index (κ2) is 6.93. The Morgan fingerprint density at radius 3 is 2.71 bits per heavy atom. The molecule has 1 aromatic heterocycles. The third kappa shape index (κ3) is 3.36. The van der Waals surface area contributed by atoms with E-state index in [1.54, 1.807) is 13.2 Å². The van der Waals surface area contributed by atoms with Gasteiger partial charge in [-0.25, -0.2) is 0 Å². The standard InChI is InChI=1S/C19H21NO4/c1-12(2)23-9-8-19(21)20-15-11-17-14(10-18(15)22-3)13-6-4-5-7-16(13)24-17/h4-7,10-12H,8-9H2,1-3H3,(H,20,21). The molecular formula is C19H21NO4. The quantitative estimate of drug-likeness (QED) is 0.731. The molecule has 126 valence electrons. The van der Waals surface area contributed by atoms with Gasteiger partial charge in [0.2, 0.25) is 5.91 Å². The van der Waals surface area contributed by atoms with Gasteiger partial charge in [0.25, 0.3) is 0 Å². The van der Waals surface area contributed by atoms with Crippen molar-refractivity contribution in [2.24, 2.45) is 0 Å². The molecule has 0 spiro atoms. The zero-order valence-corrected chi connectivity index (χ0v) is 14.1. The lowest BCUT2D eigenvalue weighted by Crippen LogP contribution is -2.16. The summed E-state index contributed by atoms with van der Waals surface area (Å²) in [5.74, 6) is 0.483. The van der Waals surface area contributed by atoms with Crippen LogP contribution in [-0.4, -0.2) is 25.7 Å². The number of carbonyl (C=O) groups is 1. The number of hydrogen-bond donors (Lipinski definition) is 1.